The Bertz CT molecular complexity index is 174. The Morgan fingerprint density at radius 3 is 2.27 bits per heavy atom. The molecule has 0 N–H and O–H groups in total. The molecule has 0 saturated carbocycles. The molecule has 1 aromatic carbocycles. The van der Waals surface area contributed by atoms with Crippen LogP contribution in [0.25, 0.3) is 0 Å². The summed E-state index contributed by atoms with van der Waals surface area (Å²) in [7, 11) is 0. The Balaban J connectivity index is 0.000001000. The van der Waals surface area contributed by atoms with E-state index >= 15 is 0 Å². The van der Waals surface area contributed by atoms with E-state index < -0.39 is 0 Å². The van der Waals surface area contributed by atoms with Crippen molar-refractivity contribution in [3.63, 3.8) is 0 Å². The molecule has 1 aromatic rings. The van der Waals surface area contributed by atoms with Gasteiger partial charge in [-0.25, -0.2) is 0 Å². The molecule has 0 aliphatic rings. The number of rotatable bonds is 3. The van der Waals surface area contributed by atoms with E-state index in [-0.39, 0.29) is 17.0 Å². The van der Waals surface area contributed by atoms with E-state index in [1.54, 1.807) is 0 Å². The summed E-state index contributed by atoms with van der Waals surface area (Å²) in [6.45, 7) is 0. The SMILES string of the molecule is Br.[Zn][CH2]CCc1ccccc1. The quantitative estimate of drug-likeness (QED) is 0.737. The molecule has 0 aliphatic heterocycles. The summed E-state index contributed by atoms with van der Waals surface area (Å²) in [6, 6.07) is 10.7. The molecule has 0 spiro atoms. The van der Waals surface area contributed by atoms with Crippen LogP contribution in [0.5, 0.6) is 0 Å². The number of halogens is 1. The fourth-order valence-electron chi connectivity index (χ4n) is 0.974. The predicted molar refractivity (Wildman–Crippen MR) is 49.9 cm³/mol. The van der Waals surface area contributed by atoms with Gasteiger partial charge in [-0.2, -0.15) is 0 Å². The second-order valence-electron chi connectivity index (χ2n) is 2.44. The van der Waals surface area contributed by atoms with Gasteiger partial charge in [-0.3, -0.25) is 0 Å². The first-order chi connectivity index (χ1) is 4.93. The van der Waals surface area contributed by atoms with Crippen molar-refractivity contribution in [3.8, 4) is 0 Å². The Hall–Kier alpha value is 0.323. The zero-order chi connectivity index (χ0) is 7.23. The van der Waals surface area contributed by atoms with Crippen LogP contribution in [0.1, 0.15) is 12.0 Å². The van der Waals surface area contributed by atoms with Crippen LogP contribution < -0.4 is 0 Å². The van der Waals surface area contributed by atoms with Crippen molar-refractivity contribution in [2.45, 2.75) is 17.9 Å². The van der Waals surface area contributed by atoms with Crippen molar-refractivity contribution in [2.75, 3.05) is 0 Å². The van der Waals surface area contributed by atoms with Gasteiger partial charge in [0.05, 0.1) is 0 Å². The molecule has 0 heterocycles. The Labute approximate surface area is 88.8 Å². The molecule has 0 nitrogen and oxygen atoms in total. The van der Waals surface area contributed by atoms with Gasteiger partial charge in [-0.1, -0.05) is 0 Å². The molecule has 2 heteroatoms. The third-order valence-electron chi connectivity index (χ3n) is 1.56. The number of benzene rings is 1. The molecular weight excluding hydrogens is 253 g/mol. The van der Waals surface area contributed by atoms with Crippen molar-refractivity contribution in [1.82, 2.24) is 0 Å². The Kier molecular flexibility index (Phi) is 7.20. The van der Waals surface area contributed by atoms with Crippen molar-refractivity contribution >= 4 is 17.0 Å². The third kappa shape index (κ3) is 4.71. The van der Waals surface area contributed by atoms with Crippen LogP contribution >= 0.6 is 17.0 Å². The monoisotopic (exact) mass is 263 g/mol. The summed E-state index contributed by atoms with van der Waals surface area (Å²) < 4.78 is 0. The van der Waals surface area contributed by atoms with E-state index in [9.17, 15) is 0 Å². The Morgan fingerprint density at radius 2 is 1.73 bits per heavy atom. The van der Waals surface area contributed by atoms with Gasteiger partial charge in [0, 0.05) is 0 Å². The van der Waals surface area contributed by atoms with Crippen LogP contribution in [0.3, 0.4) is 0 Å². The van der Waals surface area contributed by atoms with Gasteiger partial charge in [0.2, 0.25) is 0 Å². The van der Waals surface area contributed by atoms with Crippen LogP contribution in [0.4, 0.5) is 0 Å². The number of hydrogen-bond acceptors (Lipinski definition) is 0. The minimum absolute atomic E-state index is 0. The van der Waals surface area contributed by atoms with E-state index in [1.165, 1.54) is 41.7 Å². The molecule has 11 heavy (non-hydrogen) atoms. The molecule has 0 atom stereocenters. The molecular formula is C9H12BrZn. The van der Waals surface area contributed by atoms with Crippen molar-refractivity contribution in [2.24, 2.45) is 0 Å². The van der Waals surface area contributed by atoms with Crippen LogP contribution in [-0.2, 0) is 24.7 Å². The van der Waals surface area contributed by atoms with Crippen LogP contribution in [-0.4, -0.2) is 0 Å². The first-order valence-corrected chi connectivity index (χ1v) is 5.86. The minimum atomic E-state index is 0. The van der Waals surface area contributed by atoms with E-state index in [0.29, 0.717) is 0 Å². The average Bonchev–Trinajstić information content (AvgIpc) is 2.03. The van der Waals surface area contributed by atoms with E-state index in [0.717, 1.165) is 0 Å². The van der Waals surface area contributed by atoms with Gasteiger partial charge in [0.25, 0.3) is 0 Å². The second-order valence-corrected chi connectivity index (χ2v) is 3.93. The zero-order valence-electron chi connectivity index (χ0n) is 6.62. The normalized spacial score (nSPS) is 8.91. The zero-order valence-corrected chi connectivity index (χ0v) is 11.3. The number of hydrogen-bond donors (Lipinski definition) is 0. The Morgan fingerprint density at radius 1 is 1.09 bits per heavy atom. The van der Waals surface area contributed by atoms with Crippen LogP contribution in [0.2, 0.25) is 5.02 Å². The second kappa shape index (κ2) is 7.00. The topological polar surface area (TPSA) is 0 Å². The molecule has 0 amide bonds. The molecule has 0 unspecified atom stereocenters. The maximum absolute atomic E-state index is 2.20. The average molecular weight is 265 g/mol. The first kappa shape index (κ1) is 11.3. The predicted octanol–water partition coefficient (Wildman–Crippen LogP) is 3.16. The summed E-state index contributed by atoms with van der Waals surface area (Å²) in [4.78, 5) is 0. The molecule has 0 aromatic heterocycles. The summed E-state index contributed by atoms with van der Waals surface area (Å²) in [5.74, 6) is 0. The number of aryl methyl sites for hydroxylation is 1. The van der Waals surface area contributed by atoms with E-state index in [1.807, 2.05) is 0 Å². The van der Waals surface area contributed by atoms with Gasteiger partial charge < -0.3 is 0 Å². The van der Waals surface area contributed by atoms with Crippen molar-refractivity contribution in [3.05, 3.63) is 35.9 Å². The maximum atomic E-state index is 2.20. The van der Waals surface area contributed by atoms with Gasteiger partial charge >= 0.3 is 72.1 Å². The van der Waals surface area contributed by atoms with Crippen molar-refractivity contribution < 1.29 is 18.3 Å². The summed E-state index contributed by atoms with van der Waals surface area (Å²) in [6.07, 6.45) is 2.63. The molecule has 0 saturated heterocycles. The fraction of sp³-hybridized carbons (Fsp3) is 0.333. The standard InChI is InChI=1S/C9H11.BrH.Zn/c1-2-6-9-7-4-3-5-8-9;;/h3-5,7-8H,1-2,6H2;1H;. The molecule has 0 fully saturated rings. The summed E-state index contributed by atoms with van der Waals surface area (Å²) in [5.41, 5.74) is 1.48. The summed E-state index contributed by atoms with van der Waals surface area (Å²) in [5, 5.41) is 1.41. The molecule has 0 bridgehead atoms. The molecule has 0 radical (unpaired) electrons. The first-order valence-electron chi connectivity index (χ1n) is 3.76. The fourth-order valence-corrected chi connectivity index (χ4v) is 1.50. The molecule has 1 rings (SSSR count). The van der Waals surface area contributed by atoms with Gasteiger partial charge in [0.15, 0.2) is 0 Å². The molecule has 0 aliphatic carbocycles. The third-order valence-corrected chi connectivity index (χ3v) is 2.61. The van der Waals surface area contributed by atoms with Crippen LogP contribution in [0, 0.1) is 0 Å². The van der Waals surface area contributed by atoms with E-state index in [2.05, 4.69) is 30.3 Å². The van der Waals surface area contributed by atoms with Gasteiger partial charge in [-0.05, 0) is 0 Å². The van der Waals surface area contributed by atoms with Crippen LogP contribution in [0.15, 0.2) is 30.3 Å². The molecule has 57 valence electrons. The van der Waals surface area contributed by atoms with E-state index in [4.69, 9.17) is 0 Å². The van der Waals surface area contributed by atoms with Gasteiger partial charge in [0.1, 0.15) is 0 Å². The van der Waals surface area contributed by atoms with Crippen molar-refractivity contribution in [1.29, 1.82) is 0 Å². The summed E-state index contributed by atoms with van der Waals surface area (Å²) >= 11 is 1.44. The van der Waals surface area contributed by atoms with Gasteiger partial charge in [-0.15, -0.1) is 17.0 Å².